The topological polar surface area (TPSA) is 26.0 Å². The van der Waals surface area contributed by atoms with Crippen LogP contribution in [0.1, 0.15) is 5.69 Å². The molecule has 1 aromatic carbocycles. The van der Waals surface area contributed by atoms with Crippen LogP contribution in [-0.2, 0) is 0 Å². The highest BCUT2D eigenvalue weighted by Crippen LogP contribution is 2.37. The van der Waals surface area contributed by atoms with Crippen LogP contribution in [0.2, 0.25) is 15.1 Å². The first-order valence-corrected chi connectivity index (χ1v) is 5.30. The third kappa shape index (κ3) is 1.98. The van der Waals surface area contributed by atoms with Crippen molar-refractivity contribution in [1.29, 1.82) is 0 Å². The zero-order valence-electron chi connectivity index (χ0n) is 7.72. The first-order valence-electron chi connectivity index (χ1n) is 4.17. The number of rotatable bonds is 1. The highest BCUT2D eigenvalue weighted by molar-refractivity contribution is 6.49. The van der Waals surface area contributed by atoms with Crippen LogP contribution in [0, 0.1) is 6.92 Å². The molecule has 0 aliphatic heterocycles. The van der Waals surface area contributed by atoms with Gasteiger partial charge in [0.15, 0.2) is 5.76 Å². The first kappa shape index (κ1) is 10.8. The van der Waals surface area contributed by atoms with Crippen LogP contribution in [0.15, 0.2) is 22.7 Å². The summed E-state index contributed by atoms with van der Waals surface area (Å²) >= 11 is 17.8. The van der Waals surface area contributed by atoms with Crippen molar-refractivity contribution in [3.05, 3.63) is 39.0 Å². The molecule has 1 heterocycles. The molecule has 0 aliphatic rings. The van der Waals surface area contributed by atoms with E-state index >= 15 is 0 Å². The van der Waals surface area contributed by atoms with E-state index in [4.69, 9.17) is 39.3 Å². The molecule has 0 saturated heterocycles. The van der Waals surface area contributed by atoms with Gasteiger partial charge in [-0.1, -0.05) is 40.0 Å². The normalized spacial score (nSPS) is 10.7. The second-order valence-corrected chi connectivity index (χ2v) is 4.22. The number of hydrogen-bond donors (Lipinski definition) is 0. The fourth-order valence-electron chi connectivity index (χ4n) is 1.21. The lowest BCUT2D eigenvalue weighted by Crippen LogP contribution is -1.79. The van der Waals surface area contributed by atoms with Gasteiger partial charge in [0, 0.05) is 11.6 Å². The molecule has 0 atom stereocenters. The number of aryl methyl sites for hydroxylation is 1. The maximum Gasteiger partial charge on any atom is 0.168 e. The molecule has 0 unspecified atom stereocenters. The maximum absolute atomic E-state index is 6.04. The Bertz CT molecular complexity index is 507. The molecule has 0 spiro atoms. The molecule has 5 heteroatoms. The van der Waals surface area contributed by atoms with E-state index in [0.717, 1.165) is 5.69 Å². The molecule has 2 rings (SSSR count). The van der Waals surface area contributed by atoms with Gasteiger partial charge in [-0.05, 0) is 19.1 Å². The van der Waals surface area contributed by atoms with Gasteiger partial charge in [-0.15, -0.1) is 0 Å². The second kappa shape index (κ2) is 4.05. The standard InChI is InChI=1S/C10H6Cl3NO/c1-5-4-8(15-14-5)6-2-3-7(11)10(13)9(6)12/h2-4H,1H3. The molecule has 0 radical (unpaired) electrons. The minimum Gasteiger partial charge on any atom is -0.356 e. The van der Waals surface area contributed by atoms with Crippen molar-refractivity contribution in [3.63, 3.8) is 0 Å². The second-order valence-electron chi connectivity index (χ2n) is 3.06. The molecule has 0 fully saturated rings. The summed E-state index contributed by atoms with van der Waals surface area (Å²) in [5.74, 6) is 0.580. The lowest BCUT2D eigenvalue weighted by Gasteiger charge is -2.03. The molecule has 2 aromatic rings. The summed E-state index contributed by atoms with van der Waals surface area (Å²) in [6, 6.07) is 5.20. The van der Waals surface area contributed by atoms with Gasteiger partial charge in [0.1, 0.15) is 0 Å². The molecule has 1 aromatic heterocycles. The van der Waals surface area contributed by atoms with Gasteiger partial charge in [-0.2, -0.15) is 0 Å². The van der Waals surface area contributed by atoms with Crippen molar-refractivity contribution in [2.24, 2.45) is 0 Å². The predicted molar refractivity (Wildman–Crippen MR) is 61.7 cm³/mol. The zero-order valence-corrected chi connectivity index (χ0v) is 9.99. The smallest absolute Gasteiger partial charge is 0.168 e. The highest BCUT2D eigenvalue weighted by Gasteiger charge is 2.13. The minimum absolute atomic E-state index is 0.324. The van der Waals surface area contributed by atoms with Crippen LogP contribution < -0.4 is 0 Å². The fourth-order valence-corrected chi connectivity index (χ4v) is 1.84. The fraction of sp³-hybridized carbons (Fsp3) is 0.100. The van der Waals surface area contributed by atoms with E-state index in [0.29, 0.717) is 26.4 Å². The van der Waals surface area contributed by atoms with Crippen molar-refractivity contribution >= 4 is 34.8 Å². The maximum atomic E-state index is 6.04. The third-order valence-electron chi connectivity index (χ3n) is 1.93. The average Bonchev–Trinajstić information content (AvgIpc) is 2.61. The van der Waals surface area contributed by atoms with E-state index in [-0.39, 0.29) is 0 Å². The van der Waals surface area contributed by atoms with E-state index in [9.17, 15) is 0 Å². The Balaban J connectivity index is 2.59. The summed E-state index contributed by atoms with van der Waals surface area (Å²) in [5, 5.41) is 4.89. The SMILES string of the molecule is Cc1cc(-c2ccc(Cl)c(Cl)c2Cl)on1. The lowest BCUT2D eigenvalue weighted by atomic mass is 10.1. The monoisotopic (exact) mass is 261 g/mol. The van der Waals surface area contributed by atoms with Gasteiger partial charge in [-0.25, -0.2) is 0 Å². The van der Waals surface area contributed by atoms with Crippen molar-refractivity contribution in [1.82, 2.24) is 5.16 Å². The number of nitrogens with zero attached hydrogens (tertiary/aromatic N) is 1. The predicted octanol–water partition coefficient (Wildman–Crippen LogP) is 4.61. The molecule has 78 valence electrons. The summed E-state index contributed by atoms with van der Waals surface area (Å²) in [5.41, 5.74) is 1.47. The Morgan fingerprint density at radius 1 is 1.13 bits per heavy atom. The van der Waals surface area contributed by atoms with E-state index in [1.165, 1.54) is 0 Å². The van der Waals surface area contributed by atoms with Crippen LogP contribution in [-0.4, -0.2) is 5.16 Å². The Morgan fingerprint density at radius 2 is 1.87 bits per heavy atom. The minimum atomic E-state index is 0.324. The zero-order chi connectivity index (χ0) is 11.0. The van der Waals surface area contributed by atoms with Crippen LogP contribution in [0.25, 0.3) is 11.3 Å². The van der Waals surface area contributed by atoms with Gasteiger partial charge in [0.25, 0.3) is 0 Å². The van der Waals surface area contributed by atoms with E-state index in [2.05, 4.69) is 5.16 Å². The molecule has 0 amide bonds. The largest absolute Gasteiger partial charge is 0.356 e. The number of hydrogen-bond acceptors (Lipinski definition) is 2. The molecular formula is C10H6Cl3NO. The molecular weight excluding hydrogens is 256 g/mol. The third-order valence-corrected chi connectivity index (χ3v) is 3.22. The van der Waals surface area contributed by atoms with E-state index in [1.807, 2.05) is 6.92 Å². The Hall–Kier alpha value is -0.700. The average molecular weight is 263 g/mol. The van der Waals surface area contributed by atoms with Crippen molar-refractivity contribution in [2.75, 3.05) is 0 Å². The number of halogens is 3. The van der Waals surface area contributed by atoms with Crippen LogP contribution in [0.5, 0.6) is 0 Å². The lowest BCUT2D eigenvalue weighted by molar-refractivity contribution is 0.427. The summed E-state index contributed by atoms with van der Waals surface area (Å²) in [4.78, 5) is 0. The molecule has 2 nitrogen and oxygen atoms in total. The Kier molecular flexibility index (Phi) is 2.91. The Labute approximate surface area is 102 Å². The van der Waals surface area contributed by atoms with Gasteiger partial charge in [-0.3, -0.25) is 0 Å². The summed E-state index contributed by atoms with van der Waals surface area (Å²) in [6.45, 7) is 1.83. The van der Waals surface area contributed by atoms with Crippen LogP contribution in [0.3, 0.4) is 0 Å². The summed E-state index contributed by atoms with van der Waals surface area (Å²) in [6.07, 6.45) is 0. The highest BCUT2D eigenvalue weighted by atomic mass is 35.5. The molecule has 0 aliphatic carbocycles. The Morgan fingerprint density at radius 3 is 2.47 bits per heavy atom. The van der Waals surface area contributed by atoms with Gasteiger partial charge >= 0.3 is 0 Å². The quantitative estimate of drug-likeness (QED) is 0.701. The molecule has 0 saturated carbocycles. The van der Waals surface area contributed by atoms with Crippen LogP contribution >= 0.6 is 34.8 Å². The molecule has 15 heavy (non-hydrogen) atoms. The van der Waals surface area contributed by atoms with E-state index in [1.54, 1.807) is 18.2 Å². The first-order chi connectivity index (χ1) is 7.09. The molecule has 0 bridgehead atoms. The van der Waals surface area contributed by atoms with Crippen molar-refractivity contribution < 1.29 is 4.52 Å². The van der Waals surface area contributed by atoms with Gasteiger partial charge in [0.05, 0.1) is 20.8 Å². The number of benzene rings is 1. The van der Waals surface area contributed by atoms with Crippen LogP contribution in [0.4, 0.5) is 0 Å². The number of aromatic nitrogens is 1. The summed E-state index contributed by atoms with van der Waals surface area (Å²) < 4.78 is 5.09. The van der Waals surface area contributed by atoms with Crippen molar-refractivity contribution in [2.45, 2.75) is 6.92 Å². The van der Waals surface area contributed by atoms with Crippen molar-refractivity contribution in [3.8, 4) is 11.3 Å². The van der Waals surface area contributed by atoms with Gasteiger partial charge in [0.2, 0.25) is 0 Å². The van der Waals surface area contributed by atoms with E-state index < -0.39 is 0 Å². The summed E-state index contributed by atoms with van der Waals surface area (Å²) in [7, 11) is 0. The van der Waals surface area contributed by atoms with Gasteiger partial charge < -0.3 is 4.52 Å². The molecule has 0 N–H and O–H groups in total.